The fourth-order valence-corrected chi connectivity index (χ4v) is 4.69. The number of hydrogen-bond donors (Lipinski definition) is 1. The standard InChI is InChI=1S/C45H70O5/c1-3-5-7-9-11-13-15-17-19-20-21-22-23-24-26-28-30-32-34-36-38-40-45(48)50-43(41-46)42-49-44(47)39-37-35-33-31-29-27-25-18-16-14-12-10-8-6-4-2/h5-8,11-14,17-19,21-22,24-26,30,32,43,46H,3-4,9-10,15-16,20,23,27-29,31,33-42H2,1-2H3/b7-5-,8-6-,13-11-,14-12-,19-17-,22-21-,25-18-,26-24-,32-30-. The van der Waals surface area contributed by atoms with Crippen LogP contribution in [0.2, 0.25) is 0 Å². The van der Waals surface area contributed by atoms with Gasteiger partial charge in [0.25, 0.3) is 0 Å². The summed E-state index contributed by atoms with van der Waals surface area (Å²) in [6.45, 7) is 3.83. The highest BCUT2D eigenvalue weighted by atomic mass is 16.6. The summed E-state index contributed by atoms with van der Waals surface area (Å²) in [5.41, 5.74) is 0. The smallest absolute Gasteiger partial charge is 0.306 e. The maximum absolute atomic E-state index is 12.2. The van der Waals surface area contributed by atoms with Crippen LogP contribution in [-0.4, -0.2) is 36.4 Å². The van der Waals surface area contributed by atoms with Crippen molar-refractivity contribution >= 4 is 11.9 Å². The quantitative estimate of drug-likeness (QED) is 0.0421. The van der Waals surface area contributed by atoms with Crippen molar-refractivity contribution in [3.63, 3.8) is 0 Å². The summed E-state index contributed by atoms with van der Waals surface area (Å²) in [5.74, 6) is -0.675. The summed E-state index contributed by atoms with van der Waals surface area (Å²) >= 11 is 0. The molecule has 0 aliphatic heterocycles. The van der Waals surface area contributed by atoms with E-state index in [-0.39, 0.29) is 31.6 Å². The summed E-state index contributed by atoms with van der Waals surface area (Å²) in [6.07, 6.45) is 57.2. The first-order valence-electron chi connectivity index (χ1n) is 19.4. The summed E-state index contributed by atoms with van der Waals surface area (Å²) in [4.78, 5) is 24.2. The predicted octanol–water partition coefficient (Wildman–Crippen LogP) is 12.3. The molecule has 0 heterocycles. The molecule has 0 aromatic carbocycles. The van der Waals surface area contributed by atoms with Crippen molar-refractivity contribution in [3.05, 3.63) is 109 Å². The zero-order valence-electron chi connectivity index (χ0n) is 31.6. The lowest BCUT2D eigenvalue weighted by Gasteiger charge is -2.15. The van der Waals surface area contributed by atoms with Crippen LogP contribution < -0.4 is 0 Å². The number of allylic oxidation sites excluding steroid dienone is 18. The largest absolute Gasteiger partial charge is 0.462 e. The number of aliphatic hydroxyl groups is 1. The number of unbranched alkanes of at least 4 members (excludes halogenated alkanes) is 7. The number of ether oxygens (including phenoxy) is 2. The minimum Gasteiger partial charge on any atom is -0.462 e. The fourth-order valence-electron chi connectivity index (χ4n) is 4.69. The van der Waals surface area contributed by atoms with E-state index in [4.69, 9.17) is 9.47 Å². The van der Waals surface area contributed by atoms with E-state index in [0.717, 1.165) is 109 Å². The molecule has 0 aliphatic rings. The highest BCUT2D eigenvalue weighted by molar-refractivity contribution is 5.70. The summed E-state index contributed by atoms with van der Waals surface area (Å²) in [6, 6.07) is 0. The number of rotatable bonds is 33. The van der Waals surface area contributed by atoms with Crippen molar-refractivity contribution < 1.29 is 24.2 Å². The highest BCUT2D eigenvalue weighted by Gasteiger charge is 2.16. The van der Waals surface area contributed by atoms with Crippen molar-refractivity contribution in [2.45, 2.75) is 148 Å². The molecule has 0 bridgehead atoms. The van der Waals surface area contributed by atoms with Crippen LogP contribution in [-0.2, 0) is 19.1 Å². The normalized spacial score (nSPS) is 13.4. The van der Waals surface area contributed by atoms with E-state index in [9.17, 15) is 14.7 Å². The molecule has 280 valence electrons. The molecule has 0 amide bonds. The first-order chi connectivity index (χ1) is 24.6. The Kier molecular flexibility index (Phi) is 37.2. The number of hydrogen-bond acceptors (Lipinski definition) is 5. The Morgan fingerprint density at radius 2 is 0.800 bits per heavy atom. The van der Waals surface area contributed by atoms with Crippen LogP contribution in [0.25, 0.3) is 0 Å². The average molecular weight is 691 g/mol. The molecule has 1 N–H and O–H groups in total. The van der Waals surface area contributed by atoms with Gasteiger partial charge in [-0.2, -0.15) is 0 Å². The molecule has 5 heteroatoms. The van der Waals surface area contributed by atoms with Gasteiger partial charge in [-0.25, -0.2) is 0 Å². The van der Waals surface area contributed by atoms with Gasteiger partial charge in [0.2, 0.25) is 0 Å². The number of carbonyl (C=O) groups is 2. The zero-order chi connectivity index (χ0) is 36.4. The minimum atomic E-state index is -0.809. The van der Waals surface area contributed by atoms with E-state index in [1.54, 1.807) is 0 Å². The molecular weight excluding hydrogens is 620 g/mol. The average Bonchev–Trinajstić information content (AvgIpc) is 3.12. The van der Waals surface area contributed by atoms with E-state index in [1.807, 2.05) is 0 Å². The van der Waals surface area contributed by atoms with E-state index in [1.165, 1.54) is 0 Å². The predicted molar refractivity (Wildman–Crippen MR) is 214 cm³/mol. The van der Waals surface area contributed by atoms with E-state index in [2.05, 4.69) is 123 Å². The molecule has 0 aromatic rings. The second-order valence-corrected chi connectivity index (χ2v) is 12.2. The van der Waals surface area contributed by atoms with Crippen LogP contribution in [0.3, 0.4) is 0 Å². The molecule has 50 heavy (non-hydrogen) atoms. The van der Waals surface area contributed by atoms with E-state index >= 15 is 0 Å². The number of esters is 2. The molecule has 1 atom stereocenters. The Morgan fingerprint density at radius 1 is 0.460 bits per heavy atom. The van der Waals surface area contributed by atoms with Gasteiger partial charge in [0.05, 0.1) is 6.61 Å². The van der Waals surface area contributed by atoms with Crippen LogP contribution in [0.4, 0.5) is 0 Å². The Bertz CT molecular complexity index is 1050. The second-order valence-electron chi connectivity index (χ2n) is 12.2. The molecule has 0 rings (SSSR count). The fraction of sp³-hybridized carbons (Fsp3) is 0.556. The van der Waals surface area contributed by atoms with Gasteiger partial charge in [-0.1, -0.05) is 142 Å². The SMILES string of the molecule is CC/C=C\C/C=C\C/C=C\C/C=C\C/C=C\C/C=C\CCCCC(=O)OC(CO)COC(=O)CCCCCCC/C=C\C/C=C\C/C=C\CC. The van der Waals surface area contributed by atoms with Crippen molar-refractivity contribution in [1.82, 2.24) is 0 Å². The Balaban J connectivity index is 3.74. The highest BCUT2D eigenvalue weighted by Crippen LogP contribution is 2.10. The summed E-state index contributed by atoms with van der Waals surface area (Å²) < 4.78 is 10.6. The van der Waals surface area contributed by atoms with Gasteiger partial charge < -0.3 is 14.6 Å². The molecule has 0 fully saturated rings. The lowest BCUT2D eigenvalue weighted by atomic mass is 10.1. The molecule has 0 saturated carbocycles. The molecule has 0 aromatic heterocycles. The van der Waals surface area contributed by atoms with Crippen LogP contribution in [0.1, 0.15) is 142 Å². The molecular formula is C45H70O5. The van der Waals surface area contributed by atoms with Gasteiger partial charge >= 0.3 is 11.9 Å². The molecule has 0 radical (unpaired) electrons. The third-order valence-electron chi connectivity index (χ3n) is 7.56. The van der Waals surface area contributed by atoms with Gasteiger partial charge in [-0.05, 0) is 96.3 Å². The zero-order valence-corrected chi connectivity index (χ0v) is 31.6. The van der Waals surface area contributed by atoms with Gasteiger partial charge in [0, 0.05) is 12.8 Å². The monoisotopic (exact) mass is 691 g/mol. The topological polar surface area (TPSA) is 72.8 Å². The van der Waals surface area contributed by atoms with Crippen LogP contribution in [0.5, 0.6) is 0 Å². The molecule has 5 nitrogen and oxygen atoms in total. The van der Waals surface area contributed by atoms with E-state index < -0.39 is 6.10 Å². The third kappa shape index (κ3) is 37.4. The second kappa shape index (κ2) is 40.0. The molecule has 0 spiro atoms. The minimum absolute atomic E-state index is 0.101. The van der Waals surface area contributed by atoms with Crippen LogP contribution in [0, 0.1) is 0 Å². The Hall–Kier alpha value is -3.44. The molecule has 0 saturated heterocycles. The van der Waals surface area contributed by atoms with Crippen molar-refractivity contribution in [2.75, 3.05) is 13.2 Å². The third-order valence-corrected chi connectivity index (χ3v) is 7.56. The van der Waals surface area contributed by atoms with Crippen LogP contribution >= 0.6 is 0 Å². The molecule has 0 aliphatic carbocycles. The van der Waals surface area contributed by atoms with Gasteiger partial charge in [0.1, 0.15) is 6.61 Å². The maximum atomic E-state index is 12.2. The van der Waals surface area contributed by atoms with Crippen molar-refractivity contribution in [3.8, 4) is 0 Å². The van der Waals surface area contributed by atoms with Gasteiger partial charge in [0.15, 0.2) is 6.10 Å². The lowest BCUT2D eigenvalue weighted by Crippen LogP contribution is -2.28. The summed E-state index contributed by atoms with van der Waals surface area (Å²) in [7, 11) is 0. The van der Waals surface area contributed by atoms with Gasteiger partial charge in [-0.15, -0.1) is 0 Å². The maximum Gasteiger partial charge on any atom is 0.306 e. The molecule has 1 unspecified atom stereocenters. The van der Waals surface area contributed by atoms with Gasteiger partial charge in [-0.3, -0.25) is 9.59 Å². The number of carbonyl (C=O) groups excluding carboxylic acids is 2. The van der Waals surface area contributed by atoms with Crippen LogP contribution in [0.15, 0.2) is 109 Å². The Labute approximate surface area is 306 Å². The van der Waals surface area contributed by atoms with Crippen molar-refractivity contribution in [2.24, 2.45) is 0 Å². The first kappa shape index (κ1) is 46.6. The lowest BCUT2D eigenvalue weighted by molar-refractivity contribution is -0.161. The first-order valence-corrected chi connectivity index (χ1v) is 19.4. The van der Waals surface area contributed by atoms with Crippen molar-refractivity contribution in [1.29, 1.82) is 0 Å². The number of aliphatic hydroxyl groups excluding tert-OH is 1. The van der Waals surface area contributed by atoms with E-state index in [0.29, 0.717) is 12.8 Å². The Morgan fingerprint density at radius 3 is 1.24 bits per heavy atom. The summed E-state index contributed by atoms with van der Waals surface area (Å²) in [5, 5.41) is 9.55.